The highest BCUT2D eigenvalue weighted by Crippen LogP contribution is 2.15. The predicted octanol–water partition coefficient (Wildman–Crippen LogP) is 19.3. The van der Waals surface area contributed by atoms with Crippen molar-refractivity contribution < 1.29 is 28.6 Å². The van der Waals surface area contributed by atoms with Crippen LogP contribution in [0.4, 0.5) is 0 Å². The van der Waals surface area contributed by atoms with Gasteiger partial charge in [0.25, 0.3) is 0 Å². The van der Waals surface area contributed by atoms with Gasteiger partial charge in [0.1, 0.15) is 13.2 Å². The largest absolute Gasteiger partial charge is 0.462 e. The number of ether oxygens (including phenoxy) is 3. The van der Waals surface area contributed by atoms with Gasteiger partial charge in [-0.1, -0.05) is 234 Å². The molecule has 6 nitrogen and oxygen atoms in total. The van der Waals surface area contributed by atoms with E-state index < -0.39 is 6.10 Å². The lowest BCUT2D eigenvalue weighted by atomic mass is 10.1. The van der Waals surface area contributed by atoms with Gasteiger partial charge in [-0.05, 0) is 109 Å². The second-order valence-electron chi connectivity index (χ2n) is 18.8. The van der Waals surface area contributed by atoms with Crippen molar-refractivity contribution in [3.63, 3.8) is 0 Å². The second-order valence-corrected chi connectivity index (χ2v) is 18.8. The van der Waals surface area contributed by atoms with E-state index in [0.717, 1.165) is 89.9 Å². The molecule has 0 amide bonds. The summed E-state index contributed by atoms with van der Waals surface area (Å²) in [5.74, 6) is -1.00. The average molecular weight is 960 g/mol. The minimum absolute atomic E-state index is 0.107. The summed E-state index contributed by atoms with van der Waals surface area (Å²) in [4.78, 5) is 38.1. The average Bonchev–Trinajstić information content (AvgIpc) is 3.35. The van der Waals surface area contributed by atoms with Gasteiger partial charge in [-0.2, -0.15) is 0 Å². The van der Waals surface area contributed by atoms with E-state index in [9.17, 15) is 14.4 Å². The molecular formula is C63H106O6. The Morgan fingerprint density at radius 1 is 0.304 bits per heavy atom. The Hall–Kier alpha value is -3.67. The van der Waals surface area contributed by atoms with Gasteiger partial charge in [0.05, 0.1) is 0 Å². The van der Waals surface area contributed by atoms with Crippen molar-refractivity contribution in [1.29, 1.82) is 0 Å². The van der Waals surface area contributed by atoms with Crippen molar-refractivity contribution in [1.82, 2.24) is 0 Å². The SMILES string of the molecule is CC/C=C\C/C=C\C/C=C\C/C=C\CCC(=O)OCC(COC(=O)CCCCCCCC/C=C\C/C=C\C/C=C\CCCCC)OC(=O)CCCCCCCCCCC/C=C\CCCCCCCC. The van der Waals surface area contributed by atoms with Gasteiger partial charge in [0.15, 0.2) is 6.10 Å². The summed E-state index contributed by atoms with van der Waals surface area (Å²) in [5, 5.41) is 0. The van der Waals surface area contributed by atoms with E-state index in [2.05, 4.69) is 112 Å². The summed E-state index contributed by atoms with van der Waals surface area (Å²) in [6.45, 7) is 6.42. The Morgan fingerprint density at radius 3 is 1.01 bits per heavy atom. The van der Waals surface area contributed by atoms with Crippen molar-refractivity contribution in [2.45, 2.75) is 271 Å². The molecule has 0 aliphatic heterocycles. The molecule has 1 unspecified atom stereocenters. The van der Waals surface area contributed by atoms with Crippen LogP contribution in [0.5, 0.6) is 0 Å². The zero-order valence-electron chi connectivity index (χ0n) is 45.0. The summed E-state index contributed by atoms with van der Waals surface area (Å²) in [5.41, 5.74) is 0. The van der Waals surface area contributed by atoms with Crippen LogP contribution in [0.1, 0.15) is 265 Å². The van der Waals surface area contributed by atoms with Crippen LogP contribution in [0.15, 0.2) is 97.2 Å². The fourth-order valence-electron chi connectivity index (χ4n) is 7.75. The Bertz CT molecular complexity index is 1380. The predicted molar refractivity (Wildman–Crippen MR) is 297 cm³/mol. The maximum absolute atomic E-state index is 12.9. The second kappa shape index (κ2) is 56.9. The number of hydrogen-bond acceptors (Lipinski definition) is 6. The monoisotopic (exact) mass is 959 g/mol. The van der Waals surface area contributed by atoms with E-state index in [4.69, 9.17) is 14.2 Å². The first-order chi connectivity index (χ1) is 34.0. The third kappa shape index (κ3) is 55.1. The van der Waals surface area contributed by atoms with Gasteiger partial charge in [0.2, 0.25) is 0 Å². The molecule has 0 N–H and O–H groups in total. The summed E-state index contributed by atoms with van der Waals surface area (Å²) in [7, 11) is 0. The minimum Gasteiger partial charge on any atom is -0.462 e. The van der Waals surface area contributed by atoms with Gasteiger partial charge >= 0.3 is 17.9 Å². The number of carbonyl (C=O) groups is 3. The van der Waals surface area contributed by atoms with Crippen LogP contribution < -0.4 is 0 Å². The molecular weight excluding hydrogens is 853 g/mol. The van der Waals surface area contributed by atoms with Crippen LogP contribution in [-0.2, 0) is 28.6 Å². The smallest absolute Gasteiger partial charge is 0.306 e. The van der Waals surface area contributed by atoms with E-state index in [1.165, 1.54) is 128 Å². The number of rotatable bonds is 51. The molecule has 0 spiro atoms. The number of esters is 3. The van der Waals surface area contributed by atoms with Crippen molar-refractivity contribution >= 4 is 17.9 Å². The van der Waals surface area contributed by atoms with E-state index in [0.29, 0.717) is 19.3 Å². The molecule has 0 aliphatic carbocycles. The molecule has 0 aromatic heterocycles. The van der Waals surface area contributed by atoms with E-state index in [1.807, 2.05) is 6.08 Å². The lowest BCUT2D eigenvalue weighted by Crippen LogP contribution is -2.30. The molecule has 69 heavy (non-hydrogen) atoms. The number of hydrogen-bond donors (Lipinski definition) is 0. The summed E-state index contributed by atoms with van der Waals surface area (Å²) in [6, 6.07) is 0. The fourth-order valence-corrected chi connectivity index (χ4v) is 7.75. The molecule has 0 radical (unpaired) electrons. The molecule has 0 rings (SSSR count). The molecule has 0 saturated heterocycles. The molecule has 6 heteroatoms. The lowest BCUT2D eigenvalue weighted by molar-refractivity contribution is -0.166. The first-order valence-corrected chi connectivity index (χ1v) is 28.7. The topological polar surface area (TPSA) is 78.9 Å². The highest BCUT2D eigenvalue weighted by molar-refractivity contribution is 5.71. The number of carbonyl (C=O) groups excluding carboxylic acids is 3. The molecule has 0 aliphatic rings. The van der Waals surface area contributed by atoms with Crippen LogP contribution in [-0.4, -0.2) is 37.2 Å². The maximum atomic E-state index is 12.9. The van der Waals surface area contributed by atoms with Gasteiger partial charge < -0.3 is 14.2 Å². The Balaban J connectivity index is 4.45. The minimum atomic E-state index is -0.814. The van der Waals surface area contributed by atoms with Gasteiger partial charge in [0, 0.05) is 19.3 Å². The molecule has 0 aromatic rings. The van der Waals surface area contributed by atoms with Crippen molar-refractivity contribution in [2.75, 3.05) is 13.2 Å². The van der Waals surface area contributed by atoms with Crippen LogP contribution >= 0.6 is 0 Å². The fraction of sp³-hybridized carbons (Fsp3) is 0.698. The normalized spacial score (nSPS) is 12.8. The quantitative estimate of drug-likeness (QED) is 0.0262. The van der Waals surface area contributed by atoms with Crippen LogP contribution in [0, 0.1) is 0 Å². The molecule has 0 heterocycles. The molecule has 394 valence electrons. The van der Waals surface area contributed by atoms with Gasteiger partial charge in [-0.3, -0.25) is 14.4 Å². The van der Waals surface area contributed by atoms with E-state index >= 15 is 0 Å². The van der Waals surface area contributed by atoms with E-state index in [-0.39, 0.29) is 37.5 Å². The zero-order valence-corrected chi connectivity index (χ0v) is 45.0. The Labute approximate surface area is 426 Å². The third-order valence-corrected chi connectivity index (χ3v) is 12.1. The van der Waals surface area contributed by atoms with Crippen molar-refractivity contribution in [3.05, 3.63) is 97.2 Å². The molecule has 0 bridgehead atoms. The van der Waals surface area contributed by atoms with Crippen LogP contribution in [0.3, 0.4) is 0 Å². The van der Waals surface area contributed by atoms with Crippen LogP contribution in [0.25, 0.3) is 0 Å². The zero-order chi connectivity index (χ0) is 50.0. The Morgan fingerprint density at radius 2 is 0.594 bits per heavy atom. The van der Waals surface area contributed by atoms with Crippen LogP contribution in [0.2, 0.25) is 0 Å². The number of unbranched alkanes of at least 4 members (excludes halogenated alkanes) is 24. The molecule has 0 saturated carbocycles. The third-order valence-electron chi connectivity index (χ3n) is 12.1. The standard InChI is InChI=1S/C63H106O6/c1-4-7-10-13-16-19-22-25-27-29-31-33-35-38-41-44-47-50-53-56-62(65)68-59-60(58-67-61(64)55-52-49-46-43-40-37-24-21-18-15-12-9-6-3)69-63(66)57-54-51-48-45-42-39-36-34-32-30-28-26-23-20-17-14-11-8-5-2/h9,12,16,18-19,21,25-28,31,33,37,40,46,49,60H,4-8,10-11,13-15,17,20,22-24,29-30,32,34-36,38-39,41-45,47-48,50-59H2,1-3H3/b12-9-,19-16-,21-18-,27-25-,28-26-,33-31-,40-37-,49-46-. The maximum Gasteiger partial charge on any atom is 0.306 e. The first-order valence-electron chi connectivity index (χ1n) is 28.7. The van der Waals surface area contributed by atoms with Crippen molar-refractivity contribution in [3.8, 4) is 0 Å². The van der Waals surface area contributed by atoms with E-state index in [1.54, 1.807) is 0 Å². The lowest BCUT2D eigenvalue weighted by Gasteiger charge is -2.18. The van der Waals surface area contributed by atoms with Crippen molar-refractivity contribution in [2.24, 2.45) is 0 Å². The number of allylic oxidation sites excluding steroid dienone is 16. The highest BCUT2D eigenvalue weighted by Gasteiger charge is 2.19. The highest BCUT2D eigenvalue weighted by atomic mass is 16.6. The summed E-state index contributed by atoms with van der Waals surface area (Å²) >= 11 is 0. The summed E-state index contributed by atoms with van der Waals surface area (Å²) in [6.07, 6.45) is 75.5. The molecule has 1 atom stereocenters. The Kier molecular flexibility index (Phi) is 53.9. The first kappa shape index (κ1) is 65.3. The summed E-state index contributed by atoms with van der Waals surface area (Å²) < 4.78 is 16.8. The van der Waals surface area contributed by atoms with Gasteiger partial charge in [-0.25, -0.2) is 0 Å². The van der Waals surface area contributed by atoms with Gasteiger partial charge in [-0.15, -0.1) is 0 Å². The molecule has 0 fully saturated rings. The molecule has 0 aromatic carbocycles.